The molecule has 1 aliphatic carbocycles. The maximum atomic E-state index is 13.2. The molecule has 0 spiro atoms. The number of thiocarbonyl (C=S) groups is 1. The molecule has 0 radical (unpaired) electrons. The van der Waals surface area contributed by atoms with E-state index in [4.69, 9.17) is 12.2 Å². The van der Waals surface area contributed by atoms with Gasteiger partial charge in [-0.25, -0.2) is 4.39 Å². The molecule has 0 unspecified atom stereocenters. The van der Waals surface area contributed by atoms with Crippen molar-refractivity contribution in [1.29, 1.82) is 0 Å². The molecular weight excluding hydrogens is 381 g/mol. The van der Waals surface area contributed by atoms with Gasteiger partial charge in [0, 0.05) is 10.5 Å². The second-order valence-corrected chi connectivity index (χ2v) is 7.31. The monoisotopic (exact) mass is 401 g/mol. The van der Waals surface area contributed by atoms with Crippen molar-refractivity contribution in [2.24, 2.45) is 11.8 Å². The molecule has 23 heavy (non-hydrogen) atoms. The van der Waals surface area contributed by atoms with Crippen LogP contribution in [0.5, 0.6) is 0 Å². The van der Waals surface area contributed by atoms with Crippen molar-refractivity contribution in [3.8, 4) is 0 Å². The van der Waals surface area contributed by atoms with E-state index in [0.717, 1.165) is 6.42 Å². The first-order valence-electron chi connectivity index (χ1n) is 7.70. The fourth-order valence-electron chi connectivity index (χ4n) is 2.84. The van der Waals surface area contributed by atoms with Crippen molar-refractivity contribution in [1.82, 2.24) is 16.2 Å². The molecule has 0 aromatic heterocycles. The molecule has 2 rings (SSSR count). The second-order valence-electron chi connectivity index (χ2n) is 6.05. The van der Waals surface area contributed by atoms with Gasteiger partial charge in [-0.05, 0) is 64.6 Å². The summed E-state index contributed by atoms with van der Waals surface area (Å²) in [6.45, 7) is 4.46. The molecule has 1 saturated carbocycles. The Morgan fingerprint density at radius 1 is 1.30 bits per heavy atom. The van der Waals surface area contributed by atoms with Crippen LogP contribution in [0.4, 0.5) is 4.39 Å². The lowest BCUT2D eigenvalue weighted by Crippen LogP contribution is -2.52. The molecule has 1 aromatic carbocycles. The van der Waals surface area contributed by atoms with Crippen LogP contribution < -0.4 is 16.2 Å². The van der Waals surface area contributed by atoms with E-state index in [9.17, 15) is 9.18 Å². The Balaban J connectivity index is 1.86. The van der Waals surface area contributed by atoms with E-state index >= 15 is 0 Å². The van der Waals surface area contributed by atoms with Crippen LogP contribution in [0.15, 0.2) is 22.7 Å². The lowest BCUT2D eigenvalue weighted by molar-refractivity contribution is 0.0942. The zero-order chi connectivity index (χ0) is 17.0. The molecule has 0 saturated heterocycles. The average Bonchev–Trinajstić information content (AvgIpc) is 2.52. The topological polar surface area (TPSA) is 53.2 Å². The molecule has 7 heteroatoms. The summed E-state index contributed by atoms with van der Waals surface area (Å²) in [4.78, 5) is 12.1. The number of rotatable bonds is 2. The number of benzene rings is 1. The molecule has 0 bridgehead atoms. The number of hydrogen-bond acceptors (Lipinski definition) is 2. The Hall–Kier alpha value is -1.21. The maximum absolute atomic E-state index is 13.2. The van der Waals surface area contributed by atoms with Gasteiger partial charge in [0.25, 0.3) is 5.91 Å². The summed E-state index contributed by atoms with van der Waals surface area (Å²) in [5, 5.41) is 3.62. The van der Waals surface area contributed by atoms with Crippen molar-refractivity contribution < 1.29 is 9.18 Å². The Morgan fingerprint density at radius 2 is 2.04 bits per heavy atom. The van der Waals surface area contributed by atoms with Gasteiger partial charge >= 0.3 is 0 Å². The predicted octanol–water partition coefficient (Wildman–Crippen LogP) is 3.52. The highest BCUT2D eigenvalue weighted by Crippen LogP contribution is 2.29. The van der Waals surface area contributed by atoms with Crippen LogP contribution in [-0.2, 0) is 0 Å². The summed E-state index contributed by atoms with van der Waals surface area (Å²) >= 11 is 8.46. The number of hydrazine groups is 1. The van der Waals surface area contributed by atoms with E-state index in [0.29, 0.717) is 27.5 Å². The number of hydrogen-bond donors (Lipinski definition) is 3. The third kappa shape index (κ3) is 4.88. The quantitative estimate of drug-likeness (QED) is 0.524. The van der Waals surface area contributed by atoms with Crippen LogP contribution in [-0.4, -0.2) is 17.1 Å². The zero-order valence-corrected chi connectivity index (χ0v) is 15.6. The summed E-state index contributed by atoms with van der Waals surface area (Å²) in [6.07, 6.45) is 3.48. The number of amides is 1. The van der Waals surface area contributed by atoms with Crippen LogP contribution in [0.2, 0.25) is 0 Å². The summed E-state index contributed by atoms with van der Waals surface area (Å²) in [5.74, 6) is 0.258. The van der Waals surface area contributed by atoms with Crippen LogP contribution in [0.1, 0.15) is 43.5 Å². The summed E-state index contributed by atoms with van der Waals surface area (Å²) in [6, 6.07) is 4.25. The van der Waals surface area contributed by atoms with Crippen LogP contribution >= 0.6 is 28.1 Å². The van der Waals surface area contributed by atoms with E-state index < -0.39 is 11.7 Å². The first kappa shape index (κ1) is 18.1. The van der Waals surface area contributed by atoms with Gasteiger partial charge in [-0.1, -0.05) is 26.7 Å². The zero-order valence-electron chi connectivity index (χ0n) is 13.2. The number of nitrogens with one attached hydrogen (secondary N) is 3. The minimum absolute atomic E-state index is 0.208. The van der Waals surface area contributed by atoms with Gasteiger partial charge in [0.15, 0.2) is 5.11 Å². The molecule has 3 atom stereocenters. The predicted molar refractivity (Wildman–Crippen MR) is 96.4 cm³/mol. The molecular formula is C16H21BrFN3OS. The molecule has 3 N–H and O–H groups in total. The summed E-state index contributed by atoms with van der Waals surface area (Å²) < 4.78 is 13.8. The van der Waals surface area contributed by atoms with Crippen molar-refractivity contribution >= 4 is 39.2 Å². The van der Waals surface area contributed by atoms with Crippen molar-refractivity contribution in [3.63, 3.8) is 0 Å². The van der Waals surface area contributed by atoms with E-state index in [1.54, 1.807) is 0 Å². The van der Waals surface area contributed by atoms with E-state index in [1.165, 1.54) is 31.0 Å². The van der Waals surface area contributed by atoms with Gasteiger partial charge in [-0.2, -0.15) is 0 Å². The Morgan fingerprint density at radius 3 is 2.78 bits per heavy atom. The first-order valence-corrected chi connectivity index (χ1v) is 8.90. The highest BCUT2D eigenvalue weighted by Gasteiger charge is 2.27. The van der Waals surface area contributed by atoms with Gasteiger partial charge in [0.05, 0.1) is 5.56 Å². The summed E-state index contributed by atoms with van der Waals surface area (Å²) in [5.41, 5.74) is 5.39. The molecule has 1 aliphatic rings. The summed E-state index contributed by atoms with van der Waals surface area (Å²) in [7, 11) is 0. The number of carbonyl (C=O) groups excluding carboxylic acids is 1. The minimum atomic E-state index is -0.468. The molecule has 0 aliphatic heterocycles. The normalized spacial score (nSPS) is 23.9. The minimum Gasteiger partial charge on any atom is -0.358 e. The number of carbonyl (C=O) groups is 1. The first-order chi connectivity index (χ1) is 10.9. The molecule has 1 fully saturated rings. The van der Waals surface area contributed by atoms with Gasteiger partial charge in [0.2, 0.25) is 0 Å². The molecule has 0 heterocycles. The highest BCUT2D eigenvalue weighted by atomic mass is 79.9. The van der Waals surface area contributed by atoms with E-state index in [1.807, 2.05) is 0 Å². The van der Waals surface area contributed by atoms with Gasteiger partial charge in [0.1, 0.15) is 5.82 Å². The number of halogens is 2. The van der Waals surface area contributed by atoms with Crippen LogP contribution in [0.3, 0.4) is 0 Å². The molecule has 126 valence electrons. The van der Waals surface area contributed by atoms with E-state index in [2.05, 4.69) is 45.9 Å². The smallest absolute Gasteiger partial charge is 0.270 e. The molecule has 4 nitrogen and oxygen atoms in total. The Labute approximate surface area is 149 Å². The molecule has 1 aromatic rings. The second kappa shape index (κ2) is 8.06. The van der Waals surface area contributed by atoms with E-state index in [-0.39, 0.29) is 5.56 Å². The third-order valence-electron chi connectivity index (χ3n) is 4.49. The maximum Gasteiger partial charge on any atom is 0.270 e. The van der Waals surface area contributed by atoms with Crippen molar-refractivity contribution in [2.45, 2.75) is 39.2 Å². The highest BCUT2D eigenvalue weighted by molar-refractivity contribution is 9.10. The Bertz CT molecular complexity index is 599. The molecule has 1 amide bonds. The Kier molecular flexibility index (Phi) is 6.35. The largest absolute Gasteiger partial charge is 0.358 e. The fraction of sp³-hybridized carbons (Fsp3) is 0.500. The van der Waals surface area contributed by atoms with Crippen LogP contribution in [0.25, 0.3) is 0 Å². The van der Waals surface area contributed by atoms with Crippen molar-refractivity contribution in [3.05, 3.63) is 34.1 Å². The van der Waals surface area contributed by atoms with Gasteiger partial charge in [-0.15, -0.1) is 0 Å². The van der Waals surface area contributed by atoms with Gasteiger partial charge in [-0.3, -0.25) is 15.6 Å². The fourth-order valence-corrected chi connectivity index (χ4v) is 3.47. The van der Waals surface area contributed by atoms with Gasteiger partial charge < -0.3 is 5.32 Å². The lowest BCUT2D eigenvalue weighted by atomic mass is 9.78. The average molecular weight is 402 g/mol. The SMILES string of the molecule is C[C@@H]1[C@H](C)CCC[C@H]1NC(=S)NNC(=O)c1cc(F)ccc1Br. The van der Waals surface area contributed by atoms with Crippen LogP contribution in [0, 0.1) is 17.7 Å². The standard InChI is InChI=1S/C16H21BrFN3OS/c1-9-4-3-5-14(10(9)2)19-16(23)21-20-15(22)12-8-11(18)6-7-13(12)17/h6-10,14H,3-5H2,1-2H3,(H,20,22)(H2,19,21,23)/t9-,10-,14-/m1/s1. The van der Waals surface area contributed by atoms with Crippen molar-refractivity contribution in [2.75, 3.05) is 0 Å². The third-order valence-corrected chi connectivity index (χ3v) is 5.40. The lowest BCUT2D eigenvalue weighted by Gasteiger charge is -2.35.